The summed E-state index contributed by atoms with van der Waals surface area (Å²) in [4.78, 5) is 34.0. The SMILES string of the molecule is CC/C=C\C/C=C\C/C=C\C/C=C\C/C=C\CCCCCCCC(=O)NCCOP(=O)(O)OCC(O)COC(=O)CCCCCCCCC/C=C\C/C=C\CCCCC. The lowest BCUT2D eigenvalue weighted by molar-refractivity contribution is -0.147. The Bertz CT molecular complexity index is 1240. The minimum atomic E-state index is -4.43. The Morgan fingerprint density at radius 1 is 0.542 bits per heavy atom. The van der Waals surface area contributed by atoms with Gasteiger partial charge in [0.2, 0.25) is 5.91 Å². The molecule has 0 aliphatic carbocycles. The van der Waals surface area contributed by atoms with Gasteiger partial charge in [0.05, 0.1) is 13.2 Å². The normalized spacial score (nSPS) is 14.0. The van der Waals surface area contributed by atoms with E-state index in [1.807, 2.05) is 0 Å². The monoisotopic (exact) mass is 846 g/mol. The topological polar surface area (TPSA) is 131 Å². The van der Waals surface area contributed by atoms with Crippen LogP contribution in [-0.2, 0) is 27.9 Å². The van der Waals surface area contributed by atoms with E-state index in [1.54, 1.807) is 0 Å². The fraction of sp³-hybridized carbons (Fsp3) is 0.673. The van der Waals surface area contributed by atoms with E-state index in [0.717, 1.165) is 109 Å². The van der Waals surface area contributed by atoms with Crippen molar-refractivity contribution < 1.29 is 37.9 Å². The van der Waals surface area contributed by atoms with Crippen LogP contribution in [0.1, 0.15) is 181 Å². The van der Waals surface area contributed by atoms with E-state index >= 15 is 0 Å². The summed E-state index contributed by atoms with van der Waals surface area (Å²) in [5.41, 5.74) is 0. The molecular formula is C49H84NO8P. The number of esters is 1. The third-order valence-electron chi connectivity index (χ3n) is 9.31. The van der Waals surface area contributed by atoms with E-state index in [9.17, 15) is 24.2 Å². The predicted octanol–water partition coefficient (Wildman–Crippen LogP) is 13.2. The number of amides is 1. The zero-order valence-electron chi connectivity index (χ0n) is 37.2. The molecular weight excluding hydrogens is 762 g/mol. The third-order valence-corrected chi connectivity index (χ3v) is 10.3. The van der Waals surface area contributed by atoms with Gasteiger partial charge in [-0.1, -0.05) is 163 Å². The molecule has 10 heteroatoms. The van der Waals surface area contributed by atoms with Crippen molar-refractivity contribution in [3.63, 3.8) is 0 Å². The van der Waals surface area contributed by atoms with Crippen molar-refractivity contribution in [3.8, 4) is 0 Å². The number of phosphoric acid groups is 1. The largest absolute Gasteiger partial charge is 0.472 e. The fourth-order valence-corrected chi connectivity index (χ4v) is 6.60. The van der Waals surface area contributed by atoms with Gasteiger partial charge in [0.1, 0.15) is 12.7 Å². The molecule has 0 fully saturated rings. The van der Waals surface area contributed by atoms with E-state index in [0.29, 0.717) is 6.42 Å². The molecule has 0 saturated carbocycles. The van der Waals surface area contributed by atoms with Crippen LogP contribution in [0.5, 0.6) is 0 Å². The van der Waals surface area contributed by atoms with Crippen LogP contribution in [0.2, 0.25) is 0 Å². The summed E-state index contributed by atoms with van der Waals surface area (Å²) < 4.78 is 26.9. The van der Waals surface area contributed by atoms with E-state index in [-0.39, 0.29) is 32.1 Å². The van der Waals surface area contributed by atoms with Crippen LogP contribution in [0, 0.1) is 0 Å². The van der Waals surface area contributed by atoms with E-state index in [1.165, 1.54) is 44.9 Å². The summed E-state index contributed by atoms with van der Waals surface area (Å²) in [7, 11) is -4.43. The Kier molecular flexibility index (Phi) is 42.6. The second kappa shape index (κ2) is 44.7. The summed E-state index contributed by atoms with van der Waals surface area (Å²) in [6, 6.07) is 0. The average Bonchev–Trinajstić information content (AvgIpc) is 3.22. The van der Waals surface area contributed by atoms with Gasteiger partial charge in [0.25, 0.3) is 0 Å². The van der Waals surface area contributed by atoms with Gasteiger partial charge < -0.3 is 20.1 Å². The molecule has 0 aliphatic heterocycles. The van der Waals surface area contributed by atoms with Crippen molar-refractivity contribution in [2.24, 2.45) is 0 Å². The number of nitrogens with one attached hydrogen (secondary N) is 1. The van der Waals surface area contributed by atoms with Crippen LogP contribution in [0.3, 0.4) is 0 Å². The van der Waals surface area contributed by atoms with Gasteiger partial charge in [-0.2, -0.15) is 0 Å². The number of hydrogen-bond donors (Lipinski definition) is 3. The van der Waals surface area contributed by atoms with E-state index < -0.39 is 26.5 Å². The average molecular weight is 846 g/mol. The highest BCUT2D eigenvalue weighted by molar-refractivity contribution is 7.47. The number of aliphatic hydroxyl groups excluding tert-OH is 1. The molecule has 0 aromatic rings. The quantitative estimate of drug-likeness (QED) is 0.0240. The Labute approximate surface area is 360 Å². The summed E-state index contributed by atoms with van der Waals surface area (Å²) in [5, 5.41) is 12.7. The number of carbonyl (C=O) groups excluding carboxylic acids is 2. The van der Waals surface area contributed by atoms with Crippen LogP contribution >= 0.6 is 7.82 Å². The first-order chi connectivity index (χ1) is 28.8. The molecule has 0 spiro atoms. The molecule has 0 rings (SSSR count). The molecule has 0 aromatic carbocycles. The molecule has 0 bridgehead atoms. The van der Waals surface area contributed by atoms with Gasteiger partial charge in [0, 0.05) is 19.4 Å². The summed E-state index contributed by atoms with van der Waals surface area (Å²) in [6.45, 7) is 3.37. The first-order valence-corrected chi connectivity index (χ1v) is 24.6. The van der Waals surface area contributed by atoms with Crippen molar-refractivity contribution in [1.82, 2.24) is 5.32 Å². The summed E-state index contributed by atoms with van der Waals surface area (Å²) >= 11 is 0. The summed E-state index contributed by atoms with van der Waals surface area (Å²) in [6.07, 6.45) is 56.5. The van der Waals surface area contributed by atoms with Crippen LogP contribution < -0.4 is 5.32 Å². The molecule has 0 aromatic heterocycles. The second-order valence-electron chi connectivity index (χ2n) is 15.0. The zero-order valence-corrected chi connectivity index (χ0v) is 38.1. The van der Waals surface area contributed by atoms with Gasteiger partial charge >= 0.3 is 13.8 Å². The Morgan fingerprint density at radius 2 is 0.966 bits per heavy atom. The van der Waals surface area contributed by atoms with Gasteiger partial charge in [-0.05, 0) is 89.9 Å². The van der Waals surface area contributed by atoms with Crippen molar-refractivity contribution in [3.05, 3.63) is 85.1 Å². The van der Waals surface area contributed by atoms with Crippen LogP contribution in [0.25, 0.3) is 0 Å². The highest BCUT2D eigenvalue weighted by Crippen LogP contribution is 2.42. The fourth-order valence-electron chi connectivity index (χ4n) is 5.85. The lowest BCUT2D eigenvalue weighted by atomic mass is 10.1. The van der Waals surface area contributed by atoms with Crippen molar-refractivity contribution in [1.29, 1.82) is 0 Å². The Hall–Kier alpha value is -2.81. The predicted molar refractivity (Wildman–Crippen MR) is 247 cm³/mol. The number of hydrogen-bond acceptors (Lipinski definition) is 7. The number of carbonyl (C=O) groups is 2. The van der Waals surface area contributed by atoms with Gasteiger partial charge in [0.15, 0.2) is 0 Å². The maximum absolute atomic E-state index is 12.1. The maximum Gasteiger partial charge on any atom is 0.472 e. The lowest BCUT2D eigenvalue weighted by Crippen LogP contribution is -2.27. The van der Waals surface area contributed by atoms with Gasteiger partial charge in [-0.3, -0.25) is 18.6 Å². The number of aliphatic hydroxyl groups is 1. The standard InChI is InChI=1S/C49H84NO8P/c1-3-5-7-9-11-13-15-17-19-21-22-23-24-26-27-29-31-33-35-37-39-41-48(52)50-43-44-57-59(54,55)58-46-47(51)45-56-49(53)42-40-38-36-34-32-30-28-25-20-18-16-14-12-10-8-6-4-2/h5,7,11-14,17-20,22-23,26-27,47,51H,3-4,6,8-10,15-16,21,24-25,28-46H2,1-2H3,(H,50,52)(H,54,55)/b7-5-,13-11-,14-12-,19-17-,20-18-,23-22-,27-26-. The van der Waals surface area contributed by atoms with Gasteiger partial charge in [-0.15, -0.1) is 0 Å². The number of ether oxygens (including phenoxy) is 1. The molecule has 1 amide bonds. The maximum atomic E-state index is 12.1. The van der Waals surface area contributed by atoms with Crippen molar-refractivity contribution in [2.75, 3.05) is 26.4 Å². The minimum absolute atomic E-state index is 0.0648. The Morgan fingerprint density at radius 3 is 1.46 bits per heavy atom. The minimum Gasteiger partial charge on any atom is -0.463 e. The van der Waals surface area contributed by atoms with Crippen LogP contribution in [-0.4, -0.2) is 54.3 Å². The number of phosphoric ester groups is 1. The molecule has 0 aliphatic rings. The smallest absolute Gasteiger partial charge is 0.463 e. The third kappa shape index (κ3) is 46.1. The van der Waals surface area contributed by atoms with Crippen molar-refractivity contribution in [2.45, 2.75) is 187 Å². The number of unbranched alkanes of at least 4 members (excludes halogenated alkanes) is 15. The van der Waals surface area contributed by atoms with Crippen LogP contribution in [0.4, 0.5) is 0 Å². The highest BCUT2D eigenvalue weighted by atomic mass is 31.2. The first-order valence-electron chi connectivity index (χ1n) is 23.1. The molecule has 2 atom stereocenters. The van der Waals surface area contributed by atoms with Gasteiger partial charge in [-0.25, -0.2) is 4.57 Å². The first kappa shape index (κ1) is 56.2. The van der Waals surface area contributed by atoms with Crippen molar-refractivity contribution >= 4 is 19.7 Å². The molecule has 338 valence electrons. The van der Waals surface area contributed by atoms with Crippen LogP contribution in [0.15, 0.2) is 85.1 Å². The van der Waals surface area contributed by atoms with E-state index in [4.69, 9.17) is 13.8 Å². The number of rotatable bonds is 42. The zero-order chi connectivity index (χ0) is 43.2. The number of allylic oxidation sites excluding steroid dienone is 14. The summed E-state index contributed by atoms with van der Waals surface area (Å²) in [5.74, 6) is -0.549. The highest BCUT2D eigenvalue weighted by Gasteiger charge is 2.23. The molecule has 59 heavy (non-hydrogen) atoms. The molecule has 2 unspecified atom stereocenters. The second-order valence-corrected chi connectivity index (χ2v) is 16.4. The molecule has 9 nitrogen and oxygen atoms in total. The Balaban J connectivity index is 3.66. The van der Waals surface area contributed by atoms with E-state index in [2.05, 4.69) is 104 Å². The molecule has 0 heterocycles. The molecule has 0 saturated heterocycles. The lowest BCUT2D eigenvalue weighted by Gasteiger charge is -2.15. The molecule has 3 N–H and O–H groups in total. The molecule has 0 radical (unpaired) electrons.